The second kappa shape index (κ2) is 8.56. The summed E-state index contributed by atoms with van der Waals surface area (Å²) in [4.78, 5) is 0. The van der Waals surface area contributed by atoms with Crippen LogP contribution in [0.25, 0.3) is 11.1 Å². The average molecular weight is 337 g/mol. The van der Waals surface area contributed by atoms with Crippen molar-refractivity contribution in [3.8, 4) is 16.9 Å². The van der Waals surface area contributed by atoms with Crippen LogP contribution in [0.2, 0.25) is 0 Å². The van der Waals surface area contributed by atoms with E-state index in [1.54, 1.807) is 11.1 Å². The van der Waals surface area contributed by atoms with E-state index in [-0.39, 0.29) is 0 Å². The fourth-order valence-electron chi connectivity index (χ4n) is 3.91. The summed E-state index contributed by atoms with van der Waals surface area (Å²) in [6.07, 6.45) is 7.60. The molecule has 0 fully saturated rings. The van der Waals surface area contributed by atoms with Crippen molar-refractivity contribution in [3.63, 3.8) is 0 Å². The van der Waals surface area contributed by atoms with Gasteiger partial charge in [-0.15, -0.1) is 0 Å². The first kappa shape index (κ1) is 18.0. The molecule has 134 valence electrons. The molecule has 25 heavy (non-hydrogen) atoms. The fourth-order valence-corrected chi connectivity index (χ4v) is 3.91. The highest BCUT2D eigenvalue weighted by molar-refractivity contribution is 5.65. The summed E-state index contributed by atoms with van der Waals surface area (Å²) in [6, 6.07) is 15.6. The summed E-state index contributed by atoms with van der Waals surface area (Å²) < 4.78 is 5.69. The minimum Gasteiger partial charge on any atom is -0.494 e. The van der Waals surface area contributed by atoms with Crippen LogP contribution in [0.4, 0.5) is 0 Å². The maximum absolute atomic E-state index is 5.69. The first-order valence-electron chi connectivity index (χ1n) is 10.0. The van der Waals surface area contributed by atoms with Crippen LogP contribution < -0.4 is 4.74 Å². The van der Waals surface area contributed by atoms with Gasteiger partial charge in [0.25, 0.3) is 0 Å². The fraction of sp³-hybridized carbons (Fsp3) is 0.500. The Balaban J connectivity index is 1.70. The minimum atomic E-state index is 0.788. The first-order chi connectivity index (χ1) is 12.2. The molecule has 1 aliphatic rings. The van der Waals surface area contributed by atoms with Gasteiger partial charge in [0.2, 0.25) is 0 Å². The number of hydrogen-bond donors (Lipinski definition) is 0. The predicted molar refractivity (Wildman–Crippen MR) is 107 cm³/mol. The van der Waals surface area contributed by atoms with E-state index in [1.807, 2.05) is 0 Å². The van der Waals surface area contributed by atoms with Crippen molar-refractivity contribution >= 4 is 0 Å². The summed E-state index contributed by atoms with van der Waals surface area (Å²) in [6.45, 7) is 7.63. The molecule has 0 bridgehead atoms. The van der Waals surface area contributed by atoms with Crippen LogP contribution in [-0.2, 0) is 12.8 Å². The lowest BCUT2D eigenvalue weighted by Gasteiger charge is -2.27. The topological polar surface area (TPSA) is 9.23 Å². The van der Waals surface area contributed by atoms with Gasteiger partial charge < -0.3 is 4.74 Å². The normalized spacial score (nSPS) is 17.8. The Labute approximate surface area is 153 Å². The summed E-state index contributed by atoms with van der Waals surface area (Å²) in [7, 11) is 0. The standard InChI is InChI=1S/C24H32O/c1-4-14-25-24-12-10-20(11-13-24)22-9-8-21-16-19(15-18(3)5-2)6-7-23(21)17-22/h8-13,17-19H,4-7,14-16H2,1-3H3. The third-order valence-electron chi connectivity index (χ3n) is 5.63. The number of hydrogen-bond acceptors (Lipinski definition) is 1. The van der Waals surface area contributed by atoms with E-state index in [1.165, 1.54) is 43.2 Å². The lowest BCUT2D eigenvalue weighted by molar-refractivity contribution is 0.317. The van der Waals surface area contributed by atoms with Crippen LogP contribution in [0.1, 0.15) is 57.6 Å². The van der Waals surface area contributed by atoms with E-state index in [4.69, 9.17) is 4.74 Å². The highest BCUT2D eigenvalue weighted by atomic mass is 16.5. The maximum atomic E-state index is 5.69. The van der Waals surface area contributed by atoms with Gasteiger partial charge in [0.1, 0.15) is 5.75 Å². The van der Waals surface area contributed by atoms with Crippen molar-refractivity contribution < 1.29 is 4.74 Å². The summed E-state index contributed by atoms with van der Waals surface area (Å²) in [5.41, 5.74) is 5.75. The van der Waals surface area contributed by atoms with Gasteiger partial charge in [0.15, 0.2) is 0 Å². The Kier molecular flexibility index (Phi) is 6.18. The molecule has 0 aromatic heterocycles. The number of fused-ring (bicyclic) bond motifs is 1. The van der Waals surface area contributed by atoms with Crippen LogP contribution in [-0.4, -0.2) is 6.61 Å². The quantitative estimate of drug-likeness (QED) is 0.547. The van der Waals surface area contributed by atoms with Crippen LogP contribution in [0, 0.1) is 11.8 Å². The Bertz CT molecular complexity index is 671. The molecule has 1 aliphatic carbocycles. The second-order valence-electron chi connectivity index (χ2n) is 7.71. The third-order valence-corrected chi connectivity index (χ3v) is 5.63. The van der Waals surface area contributed by atoms with E-state index >= 15 is 0 Å². The lowest BCUT2D eigenvalue weighted by atomic mass is 9.78. The Morgan fingerprint density at radius 2 is 1.76 bits per heavy atom. The smallest absolute Gasteiger partial charge is 0.119 e. The van der Waals surface area contributed by atoms with Gasteiger partial charge >= 0.3 is 0 Å². The number of rotatable bonds is 7. The lowest BCUT2D eigenvalue weighted by Crippen LogP contribution is -2.16. The van der Waals surface area contributed by atoms with Crippen molar-refractivity contribution in [1.82, 2.24) is 0 Å². The highest BCUT2D eigenvalue weighted by Crippen LogP contribution is 2.33. The van der Waals surface area contributed by atoms with Gasteiger partial charge in [-0.2, -0.15) is 0 Å². The van der Waals surface area contributed by atoms with Crippen LogP contribution in [0.5, 0.6) is 5.75 Å². The molecule has 2 aromatic carbocycles. The molecule has 1 heteroatoms. The second-order valence-corrected chi connectivity index (χ2v) is 7.71. The summed E-state index contributed by atoms with van der Waals surface area (Å²) in [5.74, 6) is 2.71. The van der Waals surface area contributed by atoms with Crippen molar-refractivity contribution in [3.05, 3.63) is 53.6 Å². The van der Waals surface area contributed by atoms with Gasteiger partial charge in [-0.3, -0.25) is 0 Å². The molecule has 0 radical (unpaired) electrons. The van der Waals surface area contributed by atoms with Crippen molar-refractivity contribution in [2.45, 2.75) is 59.3 Å². The number of benzene rings is 2. The number of aryl methyl sites for hydroxylation is 1. The summed E-state index contributed by atoms with van der Waals surface area (Å²) in [5, 5.41) is 0. The molecule has 0 saturated carbocycles. The summed E-state index contributed by atoms with van der Waals surface area (Å²) >= 11 is 0. The van der Waals surface area contributed by atoms with E-state index in [9.17, 15) is 0 Å². The molecule has 2 atom stereocenters. The van der Waals surface area contributed by atoms with Gasteiger partial charge in [-0.05, 0) is 78.3 Å². The molecule has 3 rings (SSSR count). The number of ether oxygens (including phenoxy) is 1. The average Bonchev–Trinajstić information content (AvgIpc) is 2.66. The zero-order chi connectivity index (χ0) is 17.6. The molecular weight excluding hydrogens is 304 g/mol. The molecule has 0 spiro atoms. The van der Waals surface area contributed by atoms with Crippen LogP contribution >= 0.6 is 0 Å². The monoisotopic (exact) mass is 336 g/mol. The van der Waals surface area contributed by atoms with Crippen molar-refractivity contribution in [2.24, 2.45) is 11.8 Å². The van der Waals surface area contributed by atoms with Crippen LogP contribution in [0.3, 0.4) is 0 Å². The molecule has 2 aromatic rings. The third kappa shape index (κ3) is 4.66. The molecule has 0 amide bonds. The molecule has 0 heterocycles. The highest BCUT2D eigenvalue weighted by Gasteiger charge is 2.20. The SMILES string of the molecule is CCCOc1ccc(-c2ccc3c(c2)CCC(CC(C)CC)C3)cc1. The molecule has 0 aliphatic heterocycles. The van der Waals surface area contributed by atoms with Gasteiger partial charge in [-0.1, -0.05) is 57.5 Å². The van der Waals surface area contributed by atoms with Gasteiger partial charge in [0.05, 0.1) is 6.61 Å². The first-order valence-corrected chi connectivity index (χ1v) is 10.0. The maximum Gasteiger partial charge on any atom is 0.119 e. The van der Waals surface area contributed by atoms with Crippen LogP contribution in [0.15, 0.2) is 42.5 Å². The molecule has 0 saturated heterocycles. The van der Waals surface area contributed by atoms with Gasteiger partial charge in [-0.25, -0.2) is 0 Å². The van der Waals surface area contributed by atoms with Gasteiger partial charge in [0, 0.05) is 0 Å². The molecule has 0 N–H and O–H groups in total. The van der Waals surface area contributed by atoms with E-state index < -0.39 is 0 Å². The molecule has 2 unspecified atom stereocenters. The Morgan fingerprint density at radius 3 is 2.48 bits per heavy atom. The van der Waals surface area contributed by atoms with Crippen molar-refractivity contribution in [1.29, 1.82) is 0 Å². The zero-order valence-electron chi connectivity index (χ0n) is 16.1. The largest absolute Gasteiger partial charge is 0.494 e. The molecular formula is C24H32O. The van der Waals surface area contributed by atoms with Crippen molar-refractivity contribution in [2.75, 3.05) is 6.61 Å². The zero-order valence-corrected chi connectivity index (χ0v) is 16.1. The predicted octanol–water partition coefficient (Wildman–Crippen LogP) is 6.68. The minimum absolute atomic E-state index is 0.788. The Morgan fingerprint density at radius 1 is 1.00 bits per heavy atom. The van der Waals surface area contributed by atoms with E-state index in [0.717, 1.165) is 30.6 Å². The molecule has 1 nitrogen and oxygen atoms in total. The Hall–Kier alpha value is -1.76. The van der Waals surface area contributed by atoms with E-state index in [2.05, 4.69) is 63.2 Å². The van der Waals surface area contributed by atoms with E-state index in [0.29, 0.717) is 0 Å².